The largest absolute Gasteiger partial charge is 0.372 e. The molecule has 3 rings (SSSR count). The average Bonchev–Trinajstić information content (AvgIpc) is 2.73. The number of hydrogen-bond acceptors (Lipinski definition) is 3. The van der Waals surface area contributed by atoms with Gasteiger partial charge in [-0.05, 0) is 67.2 Å². The zero-order valence-electron chi connectivity index (χ0n) is 15.7. The second-order valence-electron chi connectivity index (χ2n) is 6.81. The third-order valence-corrected chi connectivity index (χ3v) is 4.91. The molecule has 1 aliphatic rings. The Kier molecular flexibility index (Phi) is 6.27. The van der Waals surface area contributed by atoms with E-state index < -0.39 is 0 Å². The summed E-state index contributed by atoms with van der Waals surface area (Å²) in [4.78, 5) is 14.8. The molecule has 0 unspecified atom stereocenters. The molecule has 2 aromatic rings. The highest BCUT2D eigenvalue weighted by Crippen LogP contribution is 2.21. The second kappa shape index (κ2) is 9.05. The van der Waals surface area contributed by atoms with Gasteiger partial charge in [-0.1, -0.05) is 31.2 Å². The molecule has 27 heavy (non-hydrogen) atoms. The highest BCUT2D eigenvalue weighted by atomic mass is 16.1. The number of anilines is 2. The summed E-state index contributed by atoms with van der Waals surface area (Å²) >= 11 is 0. The van der Waals surface area contributed by atoms with Crippen molar-refractivity contribution in [2.45, 2.75) is 32.6 Å². The Bertz CT molecular complexity index is 839. The van der Waals surface area contributed by atoms with Crippen molar-refractivity contribution >= 4 is 23.4 Å². The minimum absolute atomic E-state index is 0.0975. The SMILES string of the molecule is CCc1ccc(NC(=O)/C(C#N)=C\c2ccc(N3CCCCC3)cc2)cc1. The van der Waals surface area contributed by atoms with E-state index in [4.69, 9.17) is 0 Å². The van der Waals surface area contributed by atoms with Crippen LogP contribution in [0.3, 0.4) is 0 Å². The van der Waals surface area contributed by atoms with Crippen LogP contribution in [0.5, 0.6) is 0 Å². The minimum atomic E-state index is -0.387. The fourth-order valence-corrected chi connectivity index (χ4v) is 3.27. The van der Waals surface area contributed by atoms with Crippen LogP contribution in [0.1, 0.15) is 37.3 Å². The molecule has 1 saturated heterocycles. The molecule has 2 aromatic carbocycles. The average molecular weight is 359 g/mol. The van der Waals surface area contributed by atoms with Gasteiger partial charge in [0.2, 0.25) is 0 Å². The van der Waals surface area contributed by atoms with Gasteiger partial charge in [0.15, 0.2) is 0 Å². The summed E-state index contributed by atoms with van der Waals surface area (Å²) in [7, 11) is 0. The molecule has 0 aromatic heterocycles. The summed E-state index contributed by atoms with van der Waals surface area (Å²) in [6, 6.07) is 17.7. The van der Waals surface area contributed by atoms with Crippen LogP contribution in [-0.4, -0.2) is 19.0 Å². The summed E-state index contributed by atoms with van der Waals surface area (Å²) in [5, 5.41) is 12.2. The maximum Gasteiger partial charge on any atom is 0.266 e. The first kappa shape index (κ1) is 18.7. The van der Waals surface area contributed by atoms with Gasteiger partial charge < -0.3 is 10.2 Å². The molecule has 1 amide bonds. The number of hydrogen-bond donors (Lipinski definition) is 1. The van der Waals surface area contributed by atoms with Crippen LogP contribution in [0.25, 0.3) is 6.08 Å². The van der Waals surface area contributed by atoms with Gasteiger partial charge in [0.1, 0.15) is 11.6 Å². The summed E-state index contributed by atoms with van der Waals surface area (Å²) in [5.41, 5.74) is 4.05. The topological polar surface area (TPSA) is 56.1 Å². The molecule has 1 N–H and O–H groups in total. The van der Waals surface area contributed by atoms with E-state index in [0.29, 0.717) is 5.69 Å². The molecule has 0 spiro atoms. The summed E-state index contributed by atoms with van der Waals surface area (Å²) in [6.45, 7) is 4.27. The van der Waals surface area contributed by atoms with Crippen molar-refractivity contribution in [1.29, 1.82) is 5.26 Å². The molecule has 1 aliphatic heterocycles. The number of amides is 1. The molecule has 0 saturated carbocycles. The first-order chi connectivity index (χ1) is 13.2. The highest BCUT2D eigenvalue weighted by Gasteiger charge is 2.12. The van der Waals surface area contributed by atoms with Crippen molar-refractivity contribution in [1.82, 2.24) is 0 Å². The van der Waals surface area contributed by atoms with E-state index in [2.05, 4.69) is 29.3 Å². The second-order valence-corrected chi connectivity index (χ2v) is 6.81. The normalized spacial score (nSPS) is 14.5. The molecular weight excluding hydrogens is 334 g/mol. The molecule has 1 heterocycles. The Labute approximate surface area is 161 Å². The molecule has 0 bridgehead atoms. The number of piperidine rings is 1. The minimum Gasteiger partial charge on any atom is -0.372 e. The van der Waals surface area contributed by atoms with Crippen LogP contribution in [0.4, 0.5) is 11.4 Å². The number of carbonyl (C=O) groups is 1. The van der Waals surface area contributed by atoms with Crippen molar-refractivity contribution < 1.29 is 4.79 Å². The van der Waals surface area contributed by atoms with E-state index in [1.165, 1.54) is 30.5 Å². The van der Waals surface area contributed by atoms with Gasteiger partial charge in [-0.25, -0.2) is 0 Å². The van der Waals surface area contributed by atoms with Gasteiger partial charge in [0.05, 0.1) is 0 Å². The standard InChI is InChI=1S/C23H25N3O/c1-2-18-6-10-21(11-7-18)25-23(27)20(17-24)16-19-8-12-22(13-9-19)26-14-4-3-5-15-26/h6-13,16H,2-5,14-15H2,1H3,(H,25,27)/b20-16-. The fraction of sp³-hybridized carbons (Fsp3) is 0.304. The summed E-state index contributed by atoms with van der Waals surface area (Å²) < 4.78 is 0. The predicted octanol–water partition coefficient (Wildman–Crippen LogP) is 4.78. The van der Waals surface area contributed by atoms with Crippen molar-refractivity contribution in [3.8, 4) is 6.07 Å². The first-order valence-corrected chi connectivity index (χ1v) is 9.56. The van der Waals surface area contributed by atoms with E-state index in [1.807, 2.05) is 42.5 Å². The Morgan fingerprint density at radius 1 is 1.07 bits per heavy atom. The van der Waals surface area contributed by atoms with E-state index in [9.17, 15) is 10.1 Å². The molecule has 1 fully saturated rings. The Morgan fingerprint density at radius 2 is 1.74 bits per heavy atom. The highest BCUT2D eigenvalue weighted by molar-refractivity contribution is 6.09. The molecular formula is C23H25N3O. The van der Waals surface area contributed by atoms with Gasteiger partial charge in [-0.2, -0.15) is 5.26 Å². The predicted molar refractivity (Wildman–Crippen MR) is 111 cm³/mol. The fourth-order valence-electron chi connectivity index (χ4n) is 3.27. The number of rotatable bonds is 5. The van der Waals surface area contributed by atoms with Gasteiger partial charge in [-0.3, -0.25) is 4.79 Å². The lowest BCUT2D eigenvalue weighted by Gasteiger charge is -2.28. The van der Waals surface area contributed by atoms with Crippen molar-refractivity contribution in [2.24, 2.45) is 0 Å². The van der Waals surface area contributed by atoms with Gasteiger partial charge in [0.25, 0.3) is 5.91 Å². The first-order valence-electron chi connectivity index (χ1n) is 9.56. The Hall–Kier alpha value is -3.06. The zero-order valence-corrected chi connectivity index (χ0v) is 15.7. The number of benzene rings is 2. The number of nitrogens with one attached hydrogen (secondary N) is 1. The molecule has 138 valence electrons. The van der Waals surface area contributed by atoms with Crippen molar-refractivity contribution in [2.75, 3.05) is 23.3 Å². The van der Waals surface area contributed by atoms with E-state index in [-0.39, 0.29) is 11.5 Å². The Morgan fingerprint density at radius 3 is 2.33 bits per heavy atom. The van der Waals surface area contributed by atoms with Crippen LogP contribution in [0, 0.1) is 11.3 Å². The molecule has 0 atom stereocenters. The molecule has 0 aliphatic carbocycles. The Balaban J connectivity index is 1.69. The number of aryl methyl sites for hydroxylation is 1. The maximum absolute atomic E-state index is 12.4. The third kappa shape index (κ3) is 4.98. The number of nitrogens with zero attached hydrogens (tertiary/aromatic N) is 2. The monoisotopic (exact) mass is 359 g/mol. The lowest BCUT2D eigenvalue weighted by Crippen LogP contribution is -2.29. The van der Waals surface area contributed by atoms with Crippen LogP contribution in [0.15, 0.2) is 54.1 Å². The van der Waals surface area contributed by atoms with Crippen LogP contribution in [-0.2, 0) is 11.2 Å². The molecule has 0 radical (unpaired) electrons. The lowest BCUT2D eigenvalue weighted by molar-refractivity contribution is -0.112. The summed E-state index contributed by atoms with van der Waals surface area (Å²) in [6.07, 6.45) is 6.36. The number of nitriles is 1. The van der Waals surface area contributed by atoms with Gasteiger partial charge >= 0.3 is 0 Å². The maximum atomic E-state index is 12.4. The smallest absolute Gasteiger partial charge is 0.266 e. The van der Waals surface area contributed by atoms with Crippen LogP contribution < -0.4 is 10.2 Å². The quantitative estimate of drug-likeness (QED) is 0.617. The van der Waals surface area contributed by atoms with Gasteiger partial charge in [0, 0.05) is 24.5 Å². The van der Waals surface area contributed by atoms with Gasteiger partial charge in [-0.15, -0.1) is 0 Å². The number of carbonyl (C=O) groups excluding carboxylic acids is 1. The third-order valence-electron chi connectivity index (χ3n) is 4.91. The summed E-state index contributed by atoms with van der Waals surface area (Å²) in [5.74, 6) is -0.387. The van der Waals surface area contributed by atoms with E-state index in [0.717, 1.165) is 25.1 Å². The zero-order chi connectivity index (χ0) is 19.1. The van der Waals surface area contributed by atoms with E-state index in [1.54, 1.807) is 6.08 Å². The van der Waals surface area contributed by atoms with Crippen molar-refractivity contribution in [3.05, 3.63) is 65.2 Å². The van der Waals surface area contributed by atoms with Crippen molar-refractivity contribution in [3.63, 3.8) is 0 Å². The van der Waals surface area contributed by atoms with E-state index >= 15 is 0 Å². The molecule has 4 nitrogen and oxygen atoms in total. The molecule has 4 heteroatoms. The lowest BCUT2D eigenvalue weighted by atomic mass is 10.1. The van der Waals surface area contributed by atoms with Crippen LogP contribution in [0.2, 0.25) is 0 Å². The van der Waals surface area contributed by atoms with Crippen LogP contribution >= 0.6 is 0 Å².